The van der Waals surface area contributed by atoms with Crippen molar-refractivity contribution in [1.82, 2.24) is 9.55 Å². The zero-order chi connectivity index (χ0) is 25.1. The lowest BCUT2D eigenvalue weighted by Gasteiger charge is -2.18. The van der Waals surface area contributed by atoms with Crippen LogP contribution in [0, 0.1) is 0 Å². The molecule has 0 N–H and O–H groups in total. The number of nitrogens with zero attached hydrogens (tertiary/aromatic N) is 3. The highest BCUT2D eigenvalue weighted by Crippen LogP contribution is 2.34. The van der Waals surface area contributed by atoms with E-state index in [1.807, 2.05) is 41.3 Å². The third kappa shape index (κ3) is 5.19. The van der Waals surface area contributed by atoms with Crippen molar-refractivity contribution in [2.45, 2.75) is 51.5 Å². The van der Waals surface area contributed by atoms with Gasteiger partial charge in [-0.15, -0.1) is 0 Å². The van der Waals surface area contributed by atoms with E-state index in [0.717, 1.165) is 52.2 Å². The number of hydrogen-bond acceptors (Lipinski definition) is 3. The molecule has 2 heterocycles. The Morgan fingerprint density at radius 2 is 1.83 bits per heavy atom. The van der Waals surface area contributed by atoms with Crippen LogP contribution in [0.5, 0.6) is 5.75 Å². The Labute approximate surface area is 221 Å². The van der Waals surface area contributed by atoms with Gasteiger partial charge in [-0.05, 0) is 60.7 Å². The molecule has 4 aromatic rings. The van der Waals surface area contributed by atoms with E-state index in [1.54, 1.807) is 0 Å². The molecular weight excluding hydrogens is 514 g/mol. The smallest absolute Gasteiger partial charge is 0.227 e. The molecule has 1 aliphatic rings. The predicted molar refractivity (Wildman–Crippen MR) is 149 cm³/mol. The summed E-state index contributed by atoms with van der Waals surface area (Å²) in [5.74, 6) is 2.64. The van der Waals surface area contributed by atoms with E-state index in [-0.39, 0.29) is 11.8 Å². The fourth-order valence-electron chi connectivity index (χ4n) is 5.06. The molecule has 0 saturated carbocycles. The second-order valence-corrected chi connectivity index (χ2v) is 10.7. The maximum absolute atomic E-state index is 13.0. The maximum atomic E-state index is 13.0. The fraction of sp³-hybridized carbons (Fsp3) is 0.333. The molecule has 1 amide bonds. The van der Waals surface area contributed by atoms with Crippen LogP contribution in [0.25, 0.3) is 11.0 Å². The monoisotopic (exact) mass is 545 g/mol. The van der Waals surface area contributed by atoms with E-state index in [9.17, 15) is 4.79 Å². The van der Waals surface area contributed by atoms with Gasteiger partial charge in [0.05, 0.1) is 17.6 Å². The maximum Gasteiger partial charge on any atom is 0.227 e. The average molecular weight is 547 g/mol. The molecule has 1 aromatic heterocycles. The largest absolute Gasteiger partial charge is 0.493 e. The first-order chi connectivity index (χ1) is 17.5. The van der Waals surface area contributed by atoms with Gasteiger partial charge in [-0.2, -0.15) is 0 Å². The normalized spacial score (nSPS) is 15.8. The second-order valence-electron chi connectivity index (χ2n) is 9.74. The van der Waals surface area contributed by atoms with Crippen LogP contribution in [0.15, 0.2) is 77.3 Å². The molecule has 6 heteroatoms. The number of aromatic nitrogens is 2. The molecule has 5 nitrogen and oxygen atoms in total. The summed E-state index contributed by atoms with van der Waals surface area (Å²) in [6, 6.07) is 24.5. The van der Waals surface area contributed by atoms with Gasteiger partial charge in [0.25, 0.3) is 0 Å². The van der Waals surface area contributed by atoms with E-state index in [0.29, 0.717) is 25.5 Å². The van der Waals surface area contributed by atoms with Crippen molar-refractivity contribution in [2.24, 2.45) is 0 Å². The van der Waals surface area contributed by atoms with Crippen LogP contribution in [0.3, 0.4) is 0 Å². The molecule has 186 valence electrons. The Morgan fingerprint density at radius 1 is 1.03 bits per heavy atom. The van der Waals surface area contributed by atoms with Crippen LogP contribution < -0.4 is 9.64 Å². The number of rotatable bonds is 9. The van der Waals surface area contributed by atoms with Gasteiger partial charge in [-0.3, -0.25) is 4.79 Å². The van der Waals surface area contributed by atoms with Crippen LogP contribution >= 0.6 is 15.9 Å². The van der Waals surface area contributed by atoms with Crippen molar-refractivity contribution in [3.05, 3.63) is 88.7 Å². The molecular formula is C30H32BrN3O2. The Balaban J connectivity index is 1.29. The predicted octanol–water partition coefficient (Wildman–Crippen LogP) is 7.30. The number of amides is 1. The molecule has 0 bridgehead atoms. The molecule has 0 spiro atoms. The molecule has 0 radical (unpaired) electrons. The quantitative estimate of drug-likeness (QED) is 0.207. The van der Waals surface area contributed by atoms with Gasteiger partial charge in [0.15, 0.2) is 0 Å². The lowest BCUT2D eigenvalue weighted by Crippen LogP contribution is -2.24. The topological polar surface area (TPSA) is 47.4 Å². The molecule has 1 aliphatic heterocycles. The standard InChI is InChI=1S/C30H32BrN3O2/c1-21(2)25-12-3-6-15-28(25)36-17-8-7-16-33-27-14-5-4-13-26(27)32-30(33)22-18-29(35)34(20-22)24-11-9-10-23(31)19-24/h3-6,9-15,19,21-22H,7-8,16-18,20H2,1-2H3. The van der Waals surface area contributed by atoms with Gasteiger partial charge in [-0.1, -0.05) is 66.2 Å². The number of halogens is 1. The van der Waals surface area contributed by atoms with Crippen molar-refractivity contribution in [2.75, 3.05) is 18.1 Å². The summed E-state index contributed by atoms with van der Waals surface area (Å²) in [5.41, 5.74) is 4.30. The van der Waals surface area contributed by atoms with Gasteiger partial charge in [0, 0.05) is 35.6 Å². The Kier molecular flexibility index (Phi) is 7.42. The van der Waals surface area contributed by atoms with Crippen LogP contribution in [-0.2, 0) is 11.3 Å². The molecule has 1 unspecified atom stereocenters. The lowest BCUT2D eigenvalue weighted by molar-refractivity contribution is -0.117. The Morgan fingerprint density at radius 3 is 2.67 bits per heavy atom. The zero-order valence-corrected chi connectivity index (χ0v) is 22.4. The highest BCUT2D eigenvalue weighted by Gasteiger charge is 2.34. The lowest BCUT2D eigenvalue weighted by atomic mass is 10.0. The highest BCUT2D eigenvalue weighted by molar-refractivity contribution is 9.10. The summed E-state index contributed by atoms with van der Waals surface area (Å²) < 4.78 is 9.44. The van der Waals surface area contributed by atoms with Crippen molar-refractivity contribution in [1.29, 1.82) is 0 Å². The molecule has 1 saturated heterocycles. The average Bonchev–Trinajstić information content (AvgIpc) is 3.44. The SMILES string of the molecule is CC(C)c1ccccc1OCCCCn1c(C2CC(=O)N(c3cccc(Br)c3)C2)nc2ccccc21. The number of fused-ring (bicyclic) bond motifs is 1. The summed E-state index contributed by atoms with van der Waals surface area (Å²) in [6.45, 7) is 6.57. The number of aryl methyl sites for hydroxylation is 1. The molecule has 3 aromatic carbocycles. The summed E-state index contributed by atoms with van der Waals surface area (Å²) in [4.78, 5) is 19.8. The minimum atomic E-state index is 0.0676. The number of carbonyl (C=O) groups is 1. The van der Waals surface area contributed by atoms with Gasteiger partial charge < -0.3 is 14.2 Å². The number of anilines is 1. The first-order valence-corrected chi connectivity index (χ1v) is 13.5. The van der Waals surface area contributed by atoms with Crippen molar-refractivity contribution in [3.8, 4) is 5.75 Å². The number of benzene rings is 3. The van der Waals surface area contributed by atoms with Crippen molar-refractivity contribution >= 4 is 38.6 Å². The highest BCUT2D eigenvalue weighted by atomic mass is 79.9. The third-order valence-corrected chi connectivity index (χ3v) is 7.36. The molecule has 1 atom stereocenters. The molecule has 5 rings (SSSR count). The molecule has 36 heavy (non-hydrogen) atoms. The number of hydrogen-bond donors (Lipinski definition) is 0. The number of ether oxygens (including phenoxy) is 1. The third-order valence-electron chi connectivity index (χ3n) is 6.87. The fourth-order valence-corrected chi connectivity index (χ4v) is 5.45. The first-order valence-electron chi connectivity index (χ1n) is 12.7. The Hall–Kier alpha value is -3.12. The van der Waals surface area contributed by atoms with Gasteiger partial charge in [0.1, 0.15) is 11.6 Å². The van der Waals surface area contributed by atoms with Crippen molar-refractivity contribution < 1.29 is 9.53 Å². The van der Waals surface area contributed by atoms with Gasteiger partial charge >= 0.3 is 0 Å². The number of carbonyl (C=O) groups excluding carboxylic acids is 1. The Bertz CT molecular complexity index is 1360. The molecule has 1 fully saturated rings. The van der Waals surface area contributed by atoms with Gasteiger partial charge in [0.2, 0.25) is 5.91 Å². The van der Waals surface area contributed by atoms with E-state index < -0.39 is 0 Å². The number of unbranched alkanes of at least 4 members (excludes halogenated alkanes) is 1. The van der Waals surface area contributed by atoms with Crippen molar-refractivity contribution in [3.63, 3.8) is 0 Å². The minimum Gasteiger partial charge on any atom is -0.493 e. The van der Waals surface area contributed by atoms with Crippen LogP contribution in [0.2, 0.25) is 0 Å². The van der Waals surface area contributed by atoms with Gasteiger partial charge in [-0.25, -0.2) is 4.98 Å². The summed E-state index contributed by atoms with van der Waals surface area (Å²) >= 11 is 3.53. The van der Waals surface area contributed by atoms with Crippen LogP contribution in [-0.4, -0.2) is 28.6 Å². The second kappa shape index (κ2) is 10.9. The van der Waals surface area contributed by atoms with E-state index in [2.05, 4.69) is 70.7 Å². The summed E-state index contributed by atoms with van der Waals surface area (Å²) in [5, 5.41) is 0. The number of para-hydroxylation sites is 3. The van der Waals surface area contributed by atoms with E-state index in [4.69, 9.17) is 9.72 Å². The van der Waals surface area contributed by atoms with E-state index in [1.165, 1.54) is 5.56 Å². The first kappa shape index (κ1) is 24.6. The molecule has 0 aliphatic carbocycles. The zero-order valence-electron chi connectivity index (χ0n) is 20.9. The summed E-state index contributed by atoms with van der Waals surface area (Å²) in [7, 11) is 0. The van der Waals surface area contributed by atoms with E-state index >= 15 is 0 Å². The minimum absolute atomic E-state index is 0.0676. The van der Waals surface area contributed by atoms with Crippen LogP contribution in [0.1, 0.15) is 56.3 Å². The number of imidazole rings is 1. The van der Waals surface area contributed by atoms with Crippen LogP contribution in [0.4, 0.5) is 5.69 Å². The summed E-state index contributed by atoms with van der Waals surface area (Å²) in [6.07, 6.45) is 2.41.